The number of aryl methyl sites for hydroxylation is 2. The molecule has 2 heterocycles. The van der Waals surface area contributed by atoms with Gasteiger partial charge in [-0.15, -0.1) is 0 Å². The minimum atomic E-state index is 0.801. The molecule has 0 spiro atoms. The number of benzene rings is 1. The zero-order valence-corrected chi connectivity index (χ0v) is 12.4. The Bertz CT molecular complexity index is 763. The van der Waals surface area contributed by atoms with Crippen LogP contribution >= 0.6 is 0 Å². The lowest BCUT2D eigenvalue weighted by molar-refractivity contribution is -0.612. The van der Waals surface area contributed by atoms with E-state index in [1.165, 1.54) is 0 Å². The lowest BCUT2D eigenvalue weighted by Gasteiger charge is -2.06. The summed E-state index contributed by atoms with van der Waals surface area (Å²) in [7, 11) is 0. The van der Waals surface area contributed by atoms with Crippen LogP contribution in [0.1, 0.15) is 31.2 Å². The monoisotopic (exact) mass is 281 g/mol. The van der Waals surface area contributed by atoms with Gasteiger partial charge in [-0.25, -0.2) is 4.68 Å². The number of hydrogen-bond donors (Lipinski definition) is 0. The third kappa shape index (κ3) is 2.49. The highest BCUT2D eigenvalue weighted by atomic mass is 16.5. The van der Waals surface area contributed by atoms with Crippen molar-refractivity contribution in [3.05, 3.63) is 59.2 Å². The van der Waals surface area contributed by atoms with Crippen LogP contribution in [-0.4, -0.2) is 9.78 Å². The summed E-state index contributed by atoms with van der Waals surface area (Å²) in [6.07, 6.45) is 4.55. The molecule has 0 N–H and O–H groups in total. The fourth-order valence-corrected chi connectivity index (χ4v) is 2.58. The Morgan fingerprint density at radius 1 is 1.24 bits per heavy atom. The topological polar surface area (TPSA) is 44.8 Å². The molecule has 21 heavy (non-hydrogen) atoms. The Labute approximate surface area is 124 Å². The van der Waals surface area contributed by atoms with Gasteiger partial charge in [-0.3, -0.25) is 0 Å². The summed E-state index contributed by atoms with van der Waals surface area (Å²) in [6.45, 7) is 4.07. The van der Waals surface area contributed by atoms with Crippen molar-refractivity contribution in [3.8, 4) is 5.69 Å². The number of fused-ring (bicyclic) bond motifs is 1. The fourth-order valence-electron chi connectivity index (χ4n) is 2.58. The van der Waals surface area contributed by atoms with Crippen LogP contribution in [-0.2, 0) is 6.42 Å². The third-order valence-corrected chi connectivity index (χ3v) is 3.76. The van der Waals surface area contributed by atoms with E-state index < -0.39 is 0 Å². The van der Waals surface area contributed by atoms with Crippen molar-refractivity contribution in [2.45, 2.75) is 33.1 Å². The van der Waals surface area contributed by atoms with Gasteiger partial charge in [0, 0.05) is 12.5 Å². The van der Waals surface area contributed by atoms with Gasteiger partial charge in [0.25, 0.3) is 0 Å². The van der Waals surface area contributed by atoms with Crippen LogP contribution in [0.15, 0.2) is 42.6 Å². The molecule has 3 rings (SSSR count). The smallest absolute Gasteiger partial charge is 0.194 e. The molecule has 0 aliphatic heterocycles. The predicted octanol–water partition coefficient (Wildman–Crippen LogP) is 3.31. The lowest BCUT2D eigenvalue weighted by atomic mass is 10.1. The molecule has 0 amide bonds. The normalized spacial score (nSPS) is 11.1. The van der Waals surface area contributed by atoms with E-state index >= 15 is 0 Å². The van der Waals surface area contributed by atoms with Crippen molar-refractivity contribution >= 4 is 10.9 Å². The Kier molecular flexibility index (Phi) is 3.60. The molecule has 1 aromatic carbocycles. The van der Waals surface area contributed by atoms with Crippen LogP contribution in [0.25, 0.3) is 16.6 Å². The van der Waals surface area contributed by atoms with Gasteiger partial charge in [0.2, 0.25) is 0 Å². The maximum atomic E-state index is 12.1. The average Bonchev–Trinajstić information content (AvgIpc) is 2.82. The van der Waals surface area contributed by atoms with Crippen molar-refractivity contribution in [1.82, 2.24) is 9.78 Å². The van der Waals surface area contributed by atoms with Gasteiger partial charge < -0.3 is 5.21 Å². The maximum absolute atomic E-state index is 12.1. The van der Waals surface area contributed by atoms with E-state index in [1.54, 1.807) is 6.20 Å². The zero-order valence-electron chi connectivity index (χ0n) is 12.4. The first-order valence-corrected chi connectivity index (χ1v) is 7.37. The molecule has 4 heteroatoms. The second-order valence-electron chi connectivity index (χ2n) is 5.33. The summed E-state index contributed by atoms with van der Waals surface area (Å²) in [5.74, 6) is 0. The highest BCUT2D eigenvalue weighted by molar-refractivity contribution is 5.82. The van der Waals surface area contributed by atoms with Crippen molar-refractivity contribution < 1.29 is 4.73 Å². The van der Waals surface area contributed by atoms with Crippen LogP contribution in [0.5, 0.6) is 0 Å². The first-order valence-electron chi connectivity index (χ1n) is 7.37. The minimum absolute atomic E-state index is 0.801. The molecule has 0 radical (unpaired) electrons. The van der Waals surface area contributed by atoms with E-state index in [1.807, 2.05) is 48.0 Å². The zero-order chi connectivity index (χ0) is 14.8. The second-order valence-corrected chi connectivity index (χ2v) is 5.33. The Morgan fingerprint density at radius 2 is 2.00 bits per heavy atom. The lowest BCUT2D eigenvalue weighted by Crippen LogP contribution is -2.31. The highest BCUT2D eigenvalue weighted by Crippen LogP contribution is 2.21. The number of rotatable bonds is 4. The van der Waals surface area contributed by atoms with Crippen LogP contribution < -0.4 is 4.73 Å². The predicted molar refractivity (Wildman–Crippen MR) is 83.4 cm³/mol. The number of nitrogens with zero attached hydrogens (tertiary/aromatic N) is 3. The quantitative estimate of drug-likeness (QED) is 0.544. The van der Waals surface area contributed by atoms with E-state index in [4.69, 9.17) is 0 Å². The van der Waals surface area contributed by atoms with Gasteiger partial charge in [0.05, 0.1) is 22.3 Å². The molecule has 0 aliphatic carbocycles. The summed E-state index contributed by atoms with van der Waals surface area (Å²) in [5, 5.41) is 17.6. The SMILES string of the molecule is CCCCc1cc2c(c[n+]1[O-])c(C)nn2-c1ccccc1. The van der Waals surface area contributed by atoms with Gasteiger partial charge in [0.1, 0.15) is 0 Å². The second kappa shape index (κ2) is 5.56. The van der Waals surface area contributed by atoms with Crippen LogP contribution in [0.2, 0.25) is 0 Å². The summed E-state index contributed by atoms with van der Waals surface area (Å²) >= 11 is 0. The number of aromatic nitrogens is 3. The molecular weight excluding hydrogens is 262 g/mol. The molecule has 0 saturated heterocycles. The number of pyridine rings is 1. The standard InChI is InChI=1S/C17H19N3O/c1-3-4-8-15-11-17-16(12-19(15)21)13(2)18-20(17)14-9-6-5-7-10-14/h5-7,9-12H,3-4,8H2,1-2H3. The highest BCUT2D eigenvalue weighted by Gasteiger charge is 2.15. The molecule has 0 unspecified atom stereocenters. The molecule has 108 valence electrons. The van der Waals surface area contributed by atoms with Crippen LogP contribution in [0.4, 0.5) is 0 Å². The van der Waals surface area contributed by atoms with Crippen LogP contribution in [0.3, 0.4) is 0 Å². The largest absolute Gasteiger partial charge is 0.618 e. The van der Waals surface area contributed by atoms with E-state index in [2.05, 4.69) is 12.0 Å². The van der Waals surface area contributed by atoms with Crippen molar-refractivity contribution in [3.63, 3.8) is 0 Å². The van der Waals surface area contributed by atoms with Gasteiger partial charge in [-0.05, 0) is 25.5 Å². The number of para-hydroxylation sites is 1. The van der Waals surface area contributed by atoms with Crippen LogP contribution in [0, 0.1) is 12.1 Å². The first-order chi connectivity index (χ1) is 10.2. The summed E-state index contributed by atoms with van der Waals surface area (Å²) < 4.78 is 2.90. The molecule has 0 bridgehead atoms. The van der Waals surface area contributed by atoms with Crippen molar-refractivity contribution in [2.75, 3.05) is 0 Å². The van der Waals surface area contributed by atoms with E-state index in [0.717, 1.165) is 52.0 Å². The summed E-state index contributed by atoms with van der Waals surface area (Å²) in [5.41, 5.74) is 3.69. The van der Waals surface area contributed by atoms with E-state index in [0.29, 0.717) is 0 Å². The summed E-state index contributed by atoms with van der Waals surface area (Å²) in [4.78, 5) is 0. The van der Waals surface area contributed by atoms with Gasteiger partial charge in [-0.1, -0.05) is 31.5 Å². The molecule has 0 fully saturated rings. The Balaban J connectivity index is 2.18. The van der Waals surface area contributed by atoms with Gasteiger partial charge in [0.15, 0.2) is 11.9 Å². The minimum Gasteiger partial charge on any atom is -0.618 e. The summed E-state index contributed by atoms with van der Waals surface area (Å²) in [6, 6.07) is 12.0. The molecule has 3 aromatic rings. The number of unbranched alkanes of at least 4 members (excludes halogenated alkanes) is 1. The Hall–Kier alpha value is -2.36. The molecule has 0 aliphatic rings. The average molecular weight is 281 g/mol. The van der Waals surface area contributed by atoms with Gasteiger partial charge in [-0.2, -0.15) is 9.83 Å². The van der Waals surface area contributed by atoms with E-state index in [9.17, 15) is 5.21 Å². The number of hydrogen-bond acceptors (Lipinski definition) is 2. The van der Waals surface area contributed by atoms with Gasteiger partial charge >= 0.3 is 0 Å². The van der Waals surface area contributed by atoms with Crippen molar-refractivity contribution in [2.24, 2.45) is 0 Å². The molecule has 2 aromatic heterocycles. The van der Waals surface area contributed by atoms with Crippen molar-refractivity contribution in [1.29, 1.82) is 0 Å². The maximum Gasteiger partial charge on any atom is 0.194 e. The fraction of sp³-hybridized carbons (Fsp3) is 0.294. The molecule has 0 atom stereocenters. The van der Waals surface area contributed by atoms with E-state index in [-0.39, 0.29) is 0 Å². The Morgan fingerprint density at radius 3 is 2.71 bits per heavy atom. The first kappa shape index (κ1) is 13.6. The molecule has 0 saturated carbocycles. The third-order valence-electron chi connectivity index (χ3n) is 3.76. The molecular formula is C17H19N3O. The molecule has 4 nitrogen and oxygen atoms in total.